The van der Waals surface area contributed by atoms with Gasteiger partial charge in [0.05, 0.1) is 0 Å². The second kappa shape index (κ2) is 9.77. The number of aryl methyl sites for hydroxylation is 4. The van der Waals surface area contributed by atoms with Crippen LogP contribution in [0.5, 0.6) is 0 Å². The lowest BCUT2D eigenvalue weighted by molar-refractivity contribution is -0.112. The Balaban J connectivity index is 1.78. The second-order valence-electron chi connectivity index (χ2n) is 8.97. The zero-order chi connectivity index (χ0) is 24.2. The average Bonchev–Trinajstić information content (AvgIpc) is 2.79. The van der Waals surface area contributed by atoms with Gasteiger partial charge in [0.1, 0.15) is 11.6 Å². The van der Waals surface area contributed by atoms with Gasteiger partial charge in [-0.05, 0) is 79.3 Å². The van der Waals surface area contributed by atoms with E-state index < -0.39 is 5.91 Å². The van der Waals surface area contributed by atoms with Crippen molar-refractivity contribution in [2.24, 2.45) is 0 Å². The molecule has 0 aliphatic rings. The number of nitriles is 1. The summed E-state index contributed by atoms with van der Waals surface area (Å²) in [6.07, 6.45) is 2.45. The standard InChI is InChI=1S/C31H28N2O/c1-20-9-12-30(23(4)14-20)33-31(34)27(19-32)18-29-26(11-10-25-7-5-6-8-28(25)29)17-24-15-21(2)13-22(3)16-24/h5-16,18H,17H2,1-4H3,(H,33,34)/b27-18+. The molecular formula is C31H28N2O. The fourth-order valence-electron chi connectivity index (χ4n) is 4.49. The largest absolute Gasteiger partial charge is 0.321 e. The fraction of sp³-hybridized carbons (Fsp3) is 0.161. The number of fused-ring (bicyclic) bond motifs is 1. The van der Waals surface area contributed by atoms with Crippen LogP contribution in [-0.2, 0) is 11.2 Å². The van der Waals surface area contributed by atoms with Crippen LogP contribution in [0.2, 0.25) is 0 Å². The second-order valence-corrected chi connectivity index (χ2v) is 8.97. The number of hydrogen-bond acceptors (Lipinski definition) is 2. The number of benzene rings is 4. The van der Waals surface area contributed by atoms with Crippen LogP contribution in [0, 0.1) is 39.0 Å². The Labute approximate surface area is 201 Å². The summed E-state index contributed by atoms with van der Waals surface area (Å²) in [4.78, 5) is 13.1. The van der Waals surface area contributed by atoms with Crippen molar-refractivity contribution < 1.29 is 4.79 Å². The maximum absolute atomic E-state index is 13.1. The predicted molar refractivity (Wildman–Crippen MR) is 141 cm³/mol. The summed E-state index contributed by atoms with van der Waals surface area (Å²) in [5, 5.41) is 14.9. The molecule has 3 heteroatoms. The normalized spacial score (nSPS) is 11.3. The molecule has 0 saturated heterocycles. The van der Waals surface area contributed by atoms with Crippen molar-refractivity contribution in [3.05, 3.63) is 117 Å². The van der Waals surface area contributed by atoms with E-state index in [0.29, 0.717) is 5.69 Å². The highest BCUT2D eigenvalue weighted by Crippen LogP contribution is 2.28. The van der Waals surface area contributed by atoms with Gasteiger partial charge in [0.2, 0.25) is 0 Å². The van der Waals surface area contributed by atoms with Crippen LogP contribution in [-0.4, -0.2) is 5.91 Å². The monoisotopic (exact) mass is 444 g/mol. The first kappa shape index (κ1) is 23.0. The van der Waals surface area contributed by atoms with Gasteiger partial charge >= 0.3 is 0 Å². The predicted octanol–water partition coefficient (Wildman–Crippen LogP) is 7.21. The number of amides is 1. The minimum Gasteiger partial charge on any atom is -0.321 e. The van der Waals surface area contributed by atoms with E-state index in [9.17, 15) is 10.1 Å². The smallest absolute Gasteiger partial charge is 0.266 e. The van der Waals surface area contributed by atoms with Gasteiger partial charge in [-0.25, -0.2) is 0 Å². The molecule has 168 valence electrons. The molecule has 0 aromatic heterocycles. The Morgan fingerprint density at radius 1 is 0.882 bits per heavy atom. The summed E-state index contributed by atoms with van der Waals surface area (Å²) < 4.78 is 0. The highest BCUT2D eigenvalue weighted by atomic mass is 16.1. The van der Waals surface area contributed by atoms with Crippen LogP contribution in [0.15, 0.2) is 78.4 Å². The molecule has 4 rings (SSSR count). The summed E-state index contributed by atoms with van der Waals surface area (Å²) in [6.45, 7) is 8.16. The van der Waals surface area contributed by atoms with Gasteiger partial charge in [-0.1, -0.05) is 83.4 Å². The minimum absolute atomic E-state index is 0.0815. The number of carbonyl (C=O) groups is 1. The summed E-state index contributed by atoms with van der Waals surface area (Å²) in [6, 6.07) is 26.8. The van der Waals surface area contributed by atoms with Crippen LogP contribution in [0.4, 0.5) is 5.69 Å². The van der Waals surface area contributed by atoms with Crippen molar-refractivity contribution in [3.8, 4) is 6.07 Å². The summed E-state index contributed by atoms with van der Waals surface area (Å²) >= 11 is 0. The third kappa shape index (κ3) is 5.08. The molecule has 1 amide bonds. The molecule has 0 bridgehead atoms. The van der Waals surface area contributed by atoms with E-state index in [1.54, 1.807) is 6.08 Å². The van der Waals surface area contributed by atoms with Crippen molar-refractivity contribution in [2.75, 3.05) is 5.32 Å². The third-order valence-corrected chi connectivity index (χ3v) is 6.02. The summed E-state index contributed by atoms with van der Waals surface area (Å²) in [7, 11) is 0. The highest BCUT2D eigenvalue weighted by molar-refractivity contribution is 6.11. The Bertz CT molecular complexity index is 1450. The van der Waals surface area contributed by atoms with Crippen molar-refractivity contribution in [1.82, 2.24) is 0 Å². The van der Waals surface area contributed by atoms with E-state index in [-0.39, 0.29) is 5.57 Å². The average molecular weight is 445 g/mol. The van der Waals surface area contributed by atoms with E-state index in [0.717, 1.165) is 39.4 Å². The molecule has 4 aromatic rings. The summed E-state index contributed by atoms with van der Waals surface area (Å²) in [5.74, 6) is -0.403. The molecule has 4 aromatic carbocycles. The number of rotatable bonds is 5. The summed E-state index contributed by atoms with van der Waals surface area (Å²) in [5.41, 5.74) is 8.52. The minimum atomic E-state index is -0.403. The van der Waals surface area contributed by atoms with Crippen molar-refractivity contribution in [1.29, 1.82) is 5.26 Å². The molecule has 0 unspecified atom stereocenters. The molecule has 0 radical (unpaired) electrons. The van der Waals surface area contributed by atoms with Crippen LogP contribution in [0.1, 0.15) is 38.9 Å². The maximum atomic E-state index is 13.1. The van der Waals surface area contributed by atoms with Crippen LogP contribution in [0.25, 0.3) is 16.8 Å². The van der Waals surface area contributed by atoms with E-state index in [2.05, 4.69) is 61.6 Å². The lowest BCUT2D eigenvalue weighted by Gasteiger charge is -2.13. The molecule has 34 heavy (non-hydrogen) atoms. The van der Waals surface area contributed by atoms with E-state index in [4.69, 9.17) is 0 Å². The molecule has 0 heterocycles. The lowest BCUT2D eigenvalue weighted by atomic mass is 9.92. The molecule has 0 aliphatic carbocycles. The Morgan fingerprint density at radius 3 is 2.32 bits per heavy atom. The number of anilines is 1. The zero-order valence-corrected chi connectivity index (χ0v) is 20.1. The zero-order valence-electron chi connectivity index (χ0n) is 20.1. The van der Waals surface area contributed by atoms with Gasteiger partial charge in [0.25, 0.3) is 5.91 Å². The van der Waals surface area contributed by atoms with E-state index >= 15 is 0 Å². The fourth-order valence-corrected chi connectivity index (χ4v) is 4.49. The van der Waals surface area contributed by atoms with Crippen molar-refractivity contribution in [2.45, 2.75) is 34.1 Å². The molecule has 0 spiro atoms. The number of hydrogen-bond donors (Lipinski definition) is 1. The van der Waals surface area contributed by atoms with E-state index in [1.165, 1.54) is 16.7 Å². The van der Waals surface area contributed by atoms with Crippen LogP contribution < -0.4 is 5.32 Å². The third-order valence-electron chi connectivity index (χ3n) is 6.02. The molecule has 1 N–H and O–H groups in total. The Morgan fingerprint density at radius 2 is 1.62 bits per heavy atom. The van der Waals surface area contributed by atoms with Gasteiger partial charge in [-0.3, -0.25) is 4.79 Å². The van der Waals surface area contributed by atoms with Gasteiger partial charge in [-0.15, -0.1) is 0 Å². The quantitative estimate of drug-likeness (QED) is 0.261. The van der Waals surface area contributed by atoms with Gasteiger partial charge in [-0.2, -0.15) is 5.26 Å². The lowest BCUT2D eigenvalue weighted by Crippen LogP contribution is -2.14. The van der Waals surface area contributed by atoms with Crippen molar-refractivity contribution in [3.63, 3.8) is 0 Å². The first-order chi connectivity index (χ1) is 16.3. The molecule has 3 nitrogen and oxygen atoms in total. The van der Waals surface area contributed by atoms with Crippen molar-refractivity contribution >= 4 is 28.4 Å². The molecular weight excluding hydrogens is 416 g/mol. The highest BCUT2D eigenvalue weighted by Gasteiger charge is 2.14. The Hall–Kier alpha value is -4.16. The first-order valence-corrected chi connectivity index (χ1v) is 11.4. The first-order valence-electron chi connectivity index (χ1n) is 11.4. The molecule has 0 atom stereocenters. The maximum Gasteiger partial charge on any atom is 0.266 e. The molecule has 0 aliphatic heterocycles. The topological polar surface area (TPSA) is 52.9 Å². The number of nitrogens with one attached hydrogen (secondary N) is 1. The van der Waals surface area contributed by atoms with Gasteiger partial charge < -0.3 is 5.32 Å². The van der Waals surface area contributed by atoms with Gasteiger partial charge in [0.15, 0.2) is 0 Å². The van der Waals surface area contributed by atoms with Gasteiger partial charge in [0, 0.05) is 5.69 Å². The van der Waals surface area contributed by atoms with Crippen LogP contribution in [0.3, 0.4) is 0 Å². The molecule has 0 fully saturated rings. The number of nitrogens with zero attached hydrogens (tertiary/aromatic N) is 1. The molecule has 0 saturated carbocycles. The Kier molecular flexibility index (Phi) is 6.61. The van der Waals surface area contributed by atoms with E-state index in [1.807, 2.05) is 50.2 Å². The SMILES string of the molecule is Cc1cc(C)cc(Cc2ccc3ccccc3c2/C=C(\C#N)C(=O)Nc2ccc(C)cc2C)c1. The van der Waals surface area contributed by atoms with Crippen LogP contribution >= 0.6 is 0 Å². The number of carbonyl (C=O) groups excluding carboxylic acids is 1.